The van der Waals surface area contributed by atoms with Gasteiger partial charge in [-0.2, -0.15) is 5.26 Å². The first-order valence-corrected chi connectivity index (χ1v) is 9.18. The number of carbonyl (C=O) groups excluding carboxylic acids is 1. The van der Waals surface area contributed by atoms with E-state index in [2.05, 4.69) is 5.32 Å². The van der Waals surface area contributed by atoms with Crippen LogP contribution in [0.1, 0.15) is 17.5 Å². The maximum atomic E-state index is 14.0. The molecule has 6 heteroatoms. The summed E-state index contributed by atoms with van der Waals surface area (Å²) in [6.45, 7) is 0.364. The fourth-order valence-corrected chi connectivity index (χ4v) is 3.21. The highest BCUT2D eigenvalue weighted by Gasteiger charge is 2.12. The lowest BCUT2D eigenvalue weighted by Gasteiger charge is -2.15. The lowest BCUT2D eigenvalue weighted by molar-refractivity contribution is -0.120. The normalized spacial score (nSPS) is 10.5. The number of halogens is 2. The molecule has 0 saturated heterocycles. The van der Waals surface area contributed by atoms with Gasteiger partial charge >= 0.3 is 0 Å². The molecule has 142 valence electrons. The molecule has 0 heterocycles. The average Bonchev–Trinajstić information content (AvgIpc) is 2.68. The first kappa shape index (κ1) is 19.7. The molecule has 0 aromatic heterocycles. The summed E-state index contributed by atoms with van der Waals surface area (Å²) in [5, 5.41) is 13.7. The minimum atomic E-state index is -0.418. The second-order valence-corrected chi connectivity index (χ2v) is 6.59. The van der Waals surface area contributed by atoms with Crippen LogP contribution in [0.5, 0.6) is 5.75 Å². The summed E-state index contributed by atoms with van der Waals surface area (Å²) in [4.78, 5) is 11.5. The fourth-order valence-electron chi connectivity index (χ4n) is 2.99. The van der Waals surface area contributed by atoms with Crippen LogP contribution < -0.4 is 10.1 Å². The Kier molecular flexibility index (Phi) is 6.46. The lowest BCUT2D eigenvalue weighted by Crippen LogP contribution is -2.25. The van der Waals surface area contributed by atoms with Crippen molar-refractivity contribution >= 4 is 28.3 Å². The summed E-state index contributed by atoms with van der Waals surface area (Å²) in [6.07, 6.45) is 0.337. The van der Waals surface area contributed by atoms with Crippen molar-refractivity contribution in [3.63, 3.8) is 0 Å². The molecule has 0 aliphatic rings. The molecule has 0 aliphatic carbocycles. The monoisotopic (exact) mass is 396 g/mol. The van der Waals surface area contributed by atoms with Crippen molar-refractivity contribution in [3.8, 4) is 11.8 Å². The molecule has 3 aromatic rings. The van der Waals surface area contributed by atoms with Crippen LogP contribution in [0.4, 0.5) is 4.39 Å². The van der Waals surface area contributed by atoms with E-state index in [4.69, 9.17) is 21.6 Å². The zero-order valence-electron chi connectivity index (χ0n) is 15.0. The Hall–Kier alpha value is -3.10. The van der Waals surface area contributed by atoms with Crippen LogP contribution in [0.2, 0.25) is 5.02 Å². The quantitative estimate of drug-likeness (QED) is 0.625. The largest absolute Gasteiger partial charge is 0.488 e. The summed E-state index contributed by atoms with van der Waals surface area (Å²) in [7, 11) is 0. The minimum absolute atomic E-state index is 0.00234. The Balaban J connectivity index is 1.84. The van der Waals surface area contributed by atoms with Crippen LogP contribution in [0, 0.1) is 17.1 Å². The smallest absolute Gasteiger partial charge is 0.234 e. The highest BCUT2D eigenvalue weighted by atomic mass is 35.5. The molecule has 1 amide bonds. The van der Waals surface area contributed by atoms with Gasteiger partial charge in [0.1, 0.15) is 24.6 Å². The third kappa shape index (κ3) is 4.59. The number of nitriles is 1. The number of carbonyl (C=O) groups is 1. The van der Waals surface area contributed by atoms with E-state index in [0.29, 0.717) is 29.3 Å². The van der Waals surface area contributed by atoms with Gasteiger partial charge in [0.25, 0.3) is 0 Å². The fraction of sp³-hybridized carbons (Fsp3) is 0.182. The van der Waals surface area contributed by atoms with Crippen molar-refractivity contribution in [1.29, 1.82) is 5.26 Å². The molecule has 0 atom stereocenters. The molecule has 0 spiro atoms. The maximum Gasteiger partial charge on any atom is 0.234 e. The van der Waals surface area contributed by atoms with Gasteiger partial charge in [-0.3, -0.25) is 4.79 Å². The molecule has 0 saturated carbocycles. The van der Waals surface area contributed by atoms with Crippen LogP contribution in [-0.4, -0.2) is 12.5 Å². The van der Waals surface area contributed by atoms with Crippen molar-refractivity contribution in [1.82, 2.24) is 5.32 Å². The summed E-state index contributed by atoms with van der Waals surface area (Å²) < 4.78 is 19.9. The van der Waals surface area contributed by atoms with Crippen molar-refractivity contribution in [2.75, 3.05) is 6.54 Å². The van der Waals surface area contributed by atoms with Crippen molar-refractivity contribution in [3.05, 3.63) is 76.6 Å². The van der Waals surface area contributed by atoms with Crippen LogP contribution in [0.3, 0.4) is 0 Å². The van der Waals surface area contributed by atoms with Gasteiger partial charge in [0.2, 0.25) is 5.91 Å². The van der Waals surface area contributed by atoms with E-state index >= 15 is 0 Å². The second-order valence-electron chi connectivity index (χ2n) is 6.19. The van der Waals surface area contributed by atoms with Crippen LogP contribution in [-0.2, 0) is 17.8 Å². The number of hydrogen-bond acceptors (Lipinski definition) is 3. The molecule has 0 fully saturated rings. The Labute approximate surface area is 167 Å². The molecule has 3 aromatic carbocycles. The summed E-state index contributed by atoms with van der Waals surface area (Å²) in [5.41, 5.74) is 1.20. The van der Waals surface area contributed by atoms with Gasteiger partial charge in [-0.15, -0.1) is 0 Å². The zero-order chi connectivity index (χ0) is 19.9. The van der Waals surface area contributed by atoms with E-state index in [1.165, 1.54) is 6.07 Å². The molecule has 0 unspecified atom stereocenters. The van der Waals surface area contributed by atoms with Gasteiger partial charge < -0.3 is 10.1 Å². The van der Waals surface area contributed by atoms with Gasteiger partial charge in [-0.25, -0.2) is 4.39 Å². The number of benzene rings is 3. The molecule has 3 rings (SSSR count). The number of ether oxygens (including phenoxy) is 1. The summed E-state index contributed by atoms with van der Waals surface area (Å²) >= 11 is 6.08. The summed E-state index contributed by atoms with van der Waals surface area (Å²) in [6, 6.07) is 17.9. The van der Waals surface area contributed by atoms with Crippen LogP contribution in [0.25, 0.3) is 10.8 Å². The SMILES string of the molecule is N#CCC(=O)NCCc1c(OCc2c(F)cccc2Cl)ccc2ccccc12. The molecular formula is C22H18ClFN2O2. The first-order valence-electron chi connectivity index (χ1n) is 8.80. The number of rotatable bonds is 7. The predicted molar refractivity (Wildman–Crippen MR) is 107 cm³/mol. The van der Waals surface area contributed by atoms with Gasteiger partial charge in [0.15, 0.2) is 0 Å². The highest BCUT2D eigenvalue weighted by Crippen LogP contribution is 2.30. The van der Waals surface area contributed by atoms with E-state index in [-0.39, 0.29) is 18.9 Å². The van der Waals surface area contributed by atoms with Crippen LogP contribution in [0.15, 0.2) is 54.6 Å². The Morgan fingerprint density at radius 1 is 1.11 bits per heavy atom. The number of amides is 1. The molecule has 0 bridgehead atoms. The molecule has 0 aliphatic heterocycles. The van der Waals surface area contributed by atoms with E-state index in [1.807, 2.05) is 42.5 Å². The maximum absolute atomic E-state index is 14.0. The Morgan fingerprint density at radius 3 is 2.71 bits per heavy atom. The van der Waals surface area contributed by atoms with Crippen molar-refractivity contribution in [2.45, 2.75) is 19.4 Å². The van der Waals surface area contributed by atoms with Gasteiger partial charge in [0.05, 0.1) is 11.1 Å². The molecule has 0 radical (unpaired) electrons. The number of hydrogen-bond donors (Lipinski definition) is 1. The van der Waals surface area contributed by atoms with E-state index in [9.17, 15) is 9.18 Å². The Morgan fingerprint density at radius 2 is 1.93 bits per heavy atom. The summed E-state index contributed by atoms with van der Waals surface area (Å²) in [5.74, 6) is -0.130. The second kappa shape index (κ2) is 9.20. The van der Waals surface area contributed by atoms with E-state index < -0.39 is 5.82 Å². The topological polar surface area (TPSA) is 62.1 Å². The van der Waals surface area contributed by atoms with Crippen LogP contribution >= 0.6 is 11.6 Å². The number of nitrogens with one attached hydrogen (secondary N) is 1. The third-order valence-corrected chi connectivity index (χ3v) is 4.72. The van der Waals surface area contributed by atoms with Crippen molar-refractivity contribution < 1.29 is 13.9 Å². The van der Waals surface area contributed by atoms with E-state index in [0.717, 1.165) is 16.3 Å². The predicted octanol–water partition coefficient (Wildman–Crippen LogP) is 4.78. The lowest BCUT2D eigenvalue weighted by atomic mass is 10.0. The molecule has 4 nitrogen and oxygen atoms in total. The molecule has 28 heavy (non-hydrogen) atoms. The first-order chi connectivity index (χ1) is 13.6. The standard InChI is InChI=1S/C22H18ClFN2O2/c23-19-6-3-7-20(24)18(19)14-28-21-9-8-15-4-1-2-5-16(15)17(21)11-13-26-22(27)10-12-25/h1-9H,10-11,13-14H2,(H,26,27). The van der Waals surface area contributed by atoms with E-state index in [1.54, 1.807) is 12.1 Å². The van der Waals surface area contributed by atoms with Gasteiger partial charge in [-0.05, 0) is 35.4 Å². The Bertz CT molecular complexity index is 1030. The zero-order valence-corrected chi connectivity index (χ0v) is 15.8. The molecule has 1 N–H and O–H groups in total. The van der Waals surface area contributed by atoms with Gasteiger partial charge in [-0.1, -0.05) is 48.0 Å². The molecular weight excluding hydrogens is 379 g/mol. The number of fused-ring (bicyclic) bond motifs is 1. The van der Waals surface area contributed by atoms with Crippen molar-refractivity contribution in [2.24, 2.45) is 0 Å². The average molecular weight is 397 g/mol. The third-order valence-electron chi connectivity index (χ3n) is 4.37. The highest BCUT2D eigenvalue weighted by molar-refractivity contribution is 6.31. The van der Waals surface area contributed by atoms with Gasteiger partial charge in [0, 0.05) is 17.7 Å². The number of nitrogens with zero attached hydrogens (tertiary/aromatic N) is 1. The minimum Gasteiger partial charge on any atom is -0.488 e.